The Kier molecular flexibility index (Phi) is 12.3. The van der Waals surface area contributed by atoms with Gasteiger partial charge in [-0.15, -0.1) is 0 Å². The van der Waals surface area contributed by atoms with Gasteiger partial charge >= 0.3 is 24.4 Å². The number of likely N-dealkylation sites (tertiary alicyclic amines) is 1. The number of hydrazine groups is 1. The highest BCUT2D eigenvalue weighted by molar-refractivity contribution is 5.75. The van der Waals surface area contributed by atoms with Crippen molar-refractivity contribution >= 4 is 23.6 Å². The number of allylic oxidation sites excluding steroid dienone is 2. The number of nitrogens with zero attached hydrogens (tertiary/aromatic N) is 5. The van der Waals surface area contributed by atoms with Crippen molar-refractivity contribution in [3.63, 3.8) is 0 Å². The molecule has 1 aromatic heterocycles. The highest BCUT2D eigenvalue weighted by atomic mass is 19.4. The molecule has 3 N–H and O–H groups in total. The first-order valence-corrected chi connectivity index (χ1v) is 15.6. The monoisotopic (exact) mass is 700 g/mol. The Morgan fingerprint density at radius 3 is 1.94 bits per heavy atom. The third-order valence-corrected chi connectivity index (χ3v) is 8.40. The Bertz CT molecular complexity index is 1460. The van der Waals surface area contributed by atoms with Crippen LogP contribution in [0.15, 0.2) is 49.4 Å². The van der Waals surface area contributed by atoms with Crippen LogP contribution in [0.3, 0.4) is 0 Å². The lowest BCUT2D eigenvalue weighted by atomic mass is 9.87. The second-order valence-electron chi connectivity index (χ2n) is 12.7. The number of rotatable bonds is 12. The maximum absolute atomic E-state index is 13.8. The Morgan fingerprint density at radius 1 is 1.02 bits per heavy atom. The number of hydrogen-bond acceptors (Lipinski definition) is 8. The molecule has 2 heterocycles. The molecule has 3 rings (SSSR count). The molecule has 1 aliphatic heterocycles. The van der Waals surface area contributed by atoms with E-state index in [1.807, 2.05) is 13.8 Å². The summed E-state index contributed by atoms with van der Waals surface area (Å²) in [7, 11) is 1.59. The first-order valence-electron chi connectivity index (χ1n) is 15.6. The van der Waals surface area contributed by atoms with Crippen LogP contribution in [-0.2, 0) is 28.4 Å². The van der Waals surface area contributed by atoms with Gasteiger partial charge in [0.25, 0.3) is 0 Å². The predicted octanol–water partition coefficient (Wildman–Crippen LogP) is 7.12. The summed E-state index contributed by atoms with van der Waals surface area (Å²) in [5.74, 6) is 4.63. The molecule has 1 unspecified atom stereocenters. The van der Waals surface area contributed by atoms with Crippen LogP contribution in [0.2, 0.25) is 0 Å². The van der Waals surface area contributed by atoms with E-state index in [4.69, 9.17) is 10.6 Å². The average Bonchev–Trinajstić information content (AvgIpc) is 3.03. The molecule has 0 radical (unpaired) electrons. The highest BCUT2D eigenvalue weighted by Crippen LogP contribution is 2.38. The smallest absolute Gasteiger partial charge is 0.416 e. The summed E-state index contributed by atoms with van der Waals surface area (Å²) >= 11 is 0. The maximum Gasteiger partial charge on any atom is 0.416 e. The number of carboxylic acid groups (broad SMARTS) is 1. The molecular weight excluding hydrogens is 658 g/mol. The summed E-state index contributed by atoms with van der Waals surface area (Å²) in [6, 6.07) is -0.0298. The Hall–Kier alpha value is -4.34. The number of anilines is 1. The zero-order chi connectivity index (χ0) is 36.9. The van der Waals surface area contributed by atoms with E-state index >= 15 is 0 Å². The number of carboxylic acids is 1. The van der Waals surface area contributed by atoms with Crippen molar-refractivity contribution in [3.8, 4) is 0 Å². The number of piperidine rings is 1. The molecule has 1 fully saturated rings. The molecule has 10 nitrogen and oxygen atoms in total. The Morgan fingerprint density at radius 2 is 1.53 bits per heavy atom. The van der Waals surface area contributed by atoms with Gasteiger partial charge in [-0.1, -0.05) is 26.5 Å². The SMILES string of the molecule is C=C/C(=C\N(C)N)c1cnc(N(Cc2cc(C(F)(F)F)cc(C(F)(F)F)c2)C2C[C@@H](CC)N(C(=O)OCC(C)(C)C(=O)O)[C@@H](CC)C2)nc1. The number of alkyl halides is 6. The molecule has 1 saturated heterocycles. The molecule has 270 valence electrons. The highest BCUT2D eigenvalue weighted by Gasteiger charge is 2.42. The number of ether oxygens (including phenoxy) is 1. The van der Waals surface area contributed by atoms with Crippen LogP contribution in [0.4, 0.5) is 37.1 Å². The van der Waals surface area contributed by atoms with E-state index in [0.29, 0.717) is 36.1 Å². The summed E-state index contributed by atoms with van der Waals surface area (Å²) < 4.78 is 88.1. The quantitative estimate of drug-likeness (QED) is 0.103. The van der Waals surface area contributed by atoms with E-state index in [2.05, 4.69) is 16.5 Å². The number of halogens is 6. The summed E-state index contributed by atoms with van der Waals surface area (Å²) in [5, 5.41) is 10.7. The molecular formula is C33H42F6N6O4. The topological polar surface area (TPSA) is 125 Å². The molecule has 1 amide bonds. The summed E-state index contributed by atoms with van der Waals surface area (Å²) in [6.45, 7) is 9.48. The lowest BCUT2D eigenvalue weighted by molar-refractivity contribution is -0.149. The van der Waals surface area contributed by atoms with Gasteiger partial charge in [0.05, 0.1) is 16.5 Å². The van der Waals surface area contributed by atoms with Crippen molar-refractivity contribution in [3.05, 3.63) is 71.7 Å². The third-order valence-electron chi connectivity index (χ3n) is 8.40. The van der Waals surface area contributed by atoms with Crippen LogP contribution in [0.25, 0.3) is 5.57 Å². The molecule has 16 heteroatoms. The van der Waals surface area contributed by atoms with Crippen LogP contribution in [-0.4, -0.2) is 68.8 Å². The molecule has 2 aromatic rings. The minimum Gasteiger partial charge on any atom is -0.481 e. The first kappa shape index (κ1) is 39.1. The van der Waals surface area contributed by atoms with Crippen LogP contribution < -0.4 is 10.7 Å². The lowest BCUT2D eigenvalue weighted by Gasteiger charge is -2.47. The van der Waals surface area contributed by atoms with Gasteiger partial charge < -0.3 is 24.7 Å². The number of aliphatic carboxylic acids is 1. The number of carbonyl (C=O) groups excluding carboxylic acids is 1. The maximum atomic E-state index is 13.8. The average molecular weight is 701 g/mol. The van der Waals surface area contributed by atoms with E-state index in [9.17, 15) is 41.0 Å². The summed E-state index contributed by atoms with van der Waals surface area (Å²) in [6.07, 6.45) is -3.45. The van der Waals surface area contributed by atoms with E-state index in [1.165, 1.54) is 37.3 Å². The van der Waals surface area contributed by atoms with E-state index in [0.717, 1.165) is 0 Å². The number of nitrogens with two attached hydrogens (primary N) is 1. The van der Waals surface area contributed by atoms with Crippen LogP contribution in [0, 0.1) is 5.41 Å². The molecule has 1 aromatic carbocycles. The molecule has 0 bridgehead atoms. The molecule has 3 atom stereocenters. The zero-order valence-corrected chi connectivity index (χ0v) is 28.0. The lowest BCUT2D eigenvalue weighted by Crippen LogP contribution is -2.57. The van der Waals surface area contributed by atoms with Crippen molar-refractivity contribution in [2.45, 2.75) is 90.4 Å². The van der Waals surface area contributed by atoms with Gasteiger partial charge in [-0.2, -0.15) is 26.3 Å². The third kappa shape index (κ3) is 9.86. The fraction of sp³-hybridized carbons (Fsp3) is 0.515. The second-order valence-corrected chi connectivity index (χ2v) is 12.7. The number of aromatic nitrogens is 2. The summed E-state index contributed by atoms with van der Waals surface area (Å²) in [5.41, 5.74) is -3.41. The Balaban J connectivity index is 2.09. The van der Waals surface area contributed by atoms with Gasteiger partial charge in [-0.05, 0) is 63.3 Å². The van der Waals surface area contributed by atoms with Gasteiger partial charge in [0.1, 0.15) is 6.61 Å². The molecule has 1 aliphatic rings. The molecule has 0 saturated carbocycles. The Labute approximate surface area is 281 Å². The van der Waals surface area contributed by atoms with Crippen LogP contribution in [0.5, 0.6) is 0 Å². The molecule has 0 aliphatic carbocycles. The molecule has 49 heavy (non-hydrogen) atoms. The summed E-state index contributed by atoms with van der Waals surface area (Å²) in [4.78, 5) is 36.9. The second kappa shape index (κ2) is 15.5. The van der Waals surface area contributed by atoms with Crippen molar-refractivity contribution in [2.24, 2.45) is 11.3 Å². The van der Waals surface area contributed by atoms with Gasteiger partial charge in [0.2, 0.25) is 5.95 Å². The van der Waals surface area contributed by atoms with E-state index in [1.54, 1.807) is 23.0 Å². The normalized spacial score (nSPS) is 19.0. The van der Waals surface area contributed by atoms with Gasteiger partial charge in [-0.25, -0.2) is 20.6 Å². The van der Waals surface area contributed by atoms with Gasteiger partial charge in [-0.3, -0.25) is 4.79 Å². The van der Waals surface area contributed by atoms with E-state index in [-0.39, 0.29) is 37.0 Å². The minimum absolute atomic E-state index is 0.0492. The van der Waals surface area contributed by atoms with Crippen LogP contribution in [0.1, 0.15) is 75.6 Å². The number of hydrogen-bond donors (Lipinski definition) is 2. The fourth-order valence-electron chi connectivity index (χ4n) is 5.66. The number of carbonyl (C=O) groups is 2. The van der Waals surface area contributed by atoms with Gasteiger partial charge in [0.15, 0.2) is 0 Å². The predicted molar refractivity (Wildman–Crippen MR) is 171 cm³/mol. The first-order chi connectivity index (χ1) is 22.7. The largest absolute Gasteiger partial charge is 0.481 e. The van der Waals surface area contributed by atoms with Crippen LogP contribution >= 0.6 is 0 Å². The minimum atomic E-state index is -5.04. The standard InChI is InChI=1S/C33H42F6N6O4/c1-7-21(18-43(6)40)22-15-41-29(42-16-22)44(17-20-10-23(32(34,35)36)12-24(11-20)33(37,38)39)27-13-25(8-2)45(26(9-3)14-27)30(48)49-19-31(4,5)28(46)47/h7,10-12,15-16,18,25-27H,1,8-9,13-14,17,19,40H2,2-6H3,(H,46,47)/b21-18+/t25-,26+,27?. The van der Waals surface area contributed by atoms with E-state index < -0.39 is 65.6 Å². The van der Waals surface area contributed by atoms with Crippen molar-refractivity contribution in [1.29, 1.82) is 0 Å². The van der Waals surface area contributed by atoms with Crippen molar-refractivity contribution in [2.75, 3.05) is 18.6 Å². The molecule has 0 spiro atoms. The fourth-order valence-corrected chi connectivity index (χ4v) is 5.66. The number of benzene rings is 1. The number of amides is 1. The van der Waals surface area contributed by atoms with Crippen molar-refractivity contribution in [1.82, 2.24) is 19.9 Å². The van der Waals surface area contributed by atoms with Crippen molar-refractivity contribution < 1.29 is 45.8 Å². The van der Waals surface area contributed by atoms with Gasteiger partial charge in [0, 0.05) is 61.4 Å². The zero-order valence-electron chi connectivity index (χ0n) is 28.0.